The molecule has 2 unspecified atom stereocenters. The number of fused-ring (bicyclic) bond motifs is 3. The monoisotopic (exact) mass is 679 g/mol. The summed E-state index contributed by atoms with van der Waals surface area (Å²) in [6.45, 7) is 10.2. The summed E-state index contributed by atoms with van der Waals surface area (Å²) in [5.74, 6) is 0.813. The van der Waals surface area contributed by atoms with Gasteiger partial charge in [0.25, 0.3) is 5.91 Å². The number of hydrogen-bond donors (Lipinski definition) is 1. The van der Waals surface area contributed by atoms with Crippen molar-refractivity contribution in [2.45, 2.75) is 96.7 Å². The van der Waals surface area contributed by atoms with Crippen LogP contribution in [0, 0.1) is 5.92 Å². The van der Waals surface area contributed by atoms with E-state index in [-0.39, 0.29) is 29.8 Å². The van der Waals surface area contributed by atoms with Gasteiger partial charge in [0, 0.05) is 54.6 Å². The van der Waals surface area contributed by atoms with Crippen LogP contribution in [-0.2, 0) is 23.9 Å². The fourth-order valence-corrected chi connectivity index (χ4v) is 8.13. The summed E-state index contributed by atoms with van der Waals surface area (Å²) in [7, 11) is 0. The van der Waals surface area contributed by atoms with Gasteiger partial charge in [-0.3, -0.25) is 14.5 Å². The van der Waals surface area contributed by atoms with E-state index in [1.54, 1.807) is 11.3 Å². The fraction of sp³-hybridized carbons (Fsp3) is 0.486. The Bertz CT molecular complexity index is 1730. The predicted molar refractivity (Wildman–Crippen MR) is 183 cm³/mol. The van der Waals surface area contributed by atoms with Crippen molar-refractivity contribution in [3.63, 3.8) is 0 Å². The number of aromatic nitrogens is 2. The lowest BCUT2D eigenvalue weighted by Crippen LogP contribution is -2.55. The first-order valence-electron chi connectivity index (χ1n) is 17.0. The molecule has 2 saturated heterocycles. The second-order valence-electron chi connectivity index (χ2n) is 13.6. The number of hydrogen-bond acceptors (Lipinski definition) is 5. The summed E-state index contributed by atoms with van der Waals surface area (Å²) in [6.07, 6.45) is -0.334. The van der Waals surface area contributed by atoms with Gasteiger partial charge in [-0.05, 0) is 78.9 Å². The lowest BCUT2D eigenvalue weighted by Gasteiger charge is -2.36. The first kappa shape index (κ1) is 34.2. The highest BCUT2D eigenvalue weighted by molar-refractivity contribution is 7.09. The molecule has 2 aliphatic rings. The van der Waals surface area contributed by atoms with E-state index in [0.29, 0.717) is 37.7 Å². The first-order valence-corrected chi connectivity index (χ1v) is 17.9. The number of carbonyl (C=O) groups excluding carboxylic acids is 2. The molecule has 2 aromatic carbocycles. The Labute approximate surface area is 284 Å². The second-order valence-corrected chi connectivity index (χ2v) is 14.7. The zero-order chi connectivity index (χ0) is 34.2. The number of carbonyl (C=O) groups is 2. The highest BCUT2D eigenvalue weighted by atomic mass is 32.1. The Hall–Kier alpha value is -3.70. The molecule has 6 rings (SSSR count). The first-order chi connectivity index (χ1) is 22.9. The maximum Gasteiger partial charge on any atom is 0.416 e. The SMILES string of the molecule is CCC(CC)n1c(Cc2cccs2)nc2cc(C(=O)N[C@@H](CC(C)C)C(=O)N3CC4CC3CN4Cc3ccc(C(F)(F)F)cc3)ccc21. The number of benzene rings is 2. The normalized spacial score (nSPS) is 18.8. The van der Waals surface area contributed by atoms with Crippen molar-refractivity contribution in [3.8, 4) is 0 Å². The minimum Gasteiger partial charge on any atom is -0.340 e. The van der Waals surface area contributed by atoms with E-state index in [1.807, 2.05) is 43.0 Å². The summed E-state index contributed by atoms with van der Waals surface area (Å²) in [5.41, 5.74) is 2.43. The molecule has 0 spiro atoms. The number of piperazine rings is 1. The van der Waals surface area contributed by atoms with Gasteiger partial charge in [-0.15, -0.1) is 11.3 Å². The number of nitrogens with one attached hydrogen (secondary N) is 1. The standard InChI is InChI=1S/C37H44F3N5O2S/c1-5-27(6-2)45-33-14-11-25(17-31(33)41-34(45)19-30-8-7-15-48-30)35(46)42-32(16-23(3)4)36(47)44-22-28-18-29(44)21-43(28)20-24-9-12-26(13-10-24)37(38,39)40/h7-15,17,23,27-29,32H,5-6,16,18-22H2,1-4H3,(H,42,46)/t28?,29?,32-/m0/s1. The third-order valence-corrected chi connectivity index (χ3v) is 10.7. The van der Waals surface area contributed by atoms with Crippen LogP contribution >= 0.6 is 11.3 Å². The number of nitrogens with zero attached hydrogens (tertiary/aromatic N) is 4. The number of amides is 2. The van der Waals surface area contributed by atoms with E-state index in [9.17, 15) is 22.8 Å². The second kappa shape index (κ2) is 14.0. The van der Waals surface area contributed by atoms with E-state index in [2.05, 4.69) is 40.1 Å². The molecule has 3 atom stereocenters. The minimum atomic E-state index is -4.36. The summed E-state index contributed by atoms with van der Waals surface area (Å²) >= 11 is 1.71. The molecule has 2 fully saturated rings. The Morgan fingerprint density at radius 1 is 1.02 bits per heavy atom. The summed E-state index contributed by atoms with van der Waals surface area (Å²) in [5, 5.41) is 5.14. The number of alkyl halides is 3. The van der Waals surface area contributed by atoms with Crippen LogP contribution in [0.25, 0.3) is 11.0 Å². The van der Waals surface area contributed by atoms with Crippen molar-refractivity contribution in [1.29, 1.82) is 0 Å². The molecule has 1 N–H and O–H groups in total. The number of rotatable bonds is 12. The average molecular weight is 680 g/mol. The van der Waals surface area contributed by atoms with Crippen LogP contribution in [0.1, 0.15) is 91.6 Å². The van der Waals surface area contributed by atoms with E-state index < -0.39 is 17.8 Å². The van der Waals surface area contributed by atoms with Gasteiger partial charge in [0.1, 0.15) is 11.9 Å². The van der Waals surface area contributed by atoms with Crippen LogP contribution in [0.4, 0.5) is 13.2 Å². The Kier molecular flexibility index (Phi) is 9.99. The van der Waals surface area contributed by atoms with Gasteiger partial charge in [0.05, 0.1) is 16.6 Å². The quantitative estimate of drug-likeness (QED) is 0.167. The molecule has 2 aliphatic heterocycles. The molecule has 4 aromatic rings. The predicted octanol–water partition coefficient (Wildman–Crippen LogP) is 7.70. The average Bonchev–Trinajstić information content (AvgIpc) is 3.86. The molecule has 0 aliphatic carbocycles. The van der Waals surface area contributed by atoms with Crippen molar-refractivity contribution in [2.75, 3.05) is 13.1 Å². The minimum absolute atomic E-state index is 0.00988. The van der Waals surface area contributed by atoms with Gasteiger partial charge in [-0.1, -0.05) is 45.9 Å². The zero-order valence-electron chi connectivity index (χ0n) is 28.0. The van der Waals surface area contributed by atoms with Gasteiger partial charge in [0.2, 0.25) is 5.91 Å². The van der Waals surface area contributed by atoms with Crippen molar-refractivity contribution >= 4 is 34.2 Å². The zero-order valence-corrected chi connectivity index (χ0v) is 28.8. The van der Waals surface area contributed by atoms with Crippen LogP contribution in [0.3, 0.4) is 0 Å². The molecule has 2 aromatic heterocycles. The van der Waals surface area contributed by atoms with Gasteiger partial charge in [0.15, 0.2) is 0 Å². The lowest BCUT2D eigenvalue weighted by atomic mass is 10.0. The highest BCUT2D eigenvalue weighted by Gasteiger charge is 2.46. The lowest BCUT2D eigenvalue weighted by molar-refractivity contribution is -0.137. The smallest absolute Gasteiger partial charge is 0.340 e. The molecular formula is C37H44F3N5O2S. The molecule has 256 valence electrons. The summed E-state index contributed by atoms with van der Waals surface area (Å²) < 4.78 is 41.3. The van der Waals surface area contributed by atoms with E-state index >= 15 is 0 Å². The summed E-state index contributed by atoms with van der Waals surface area (Å²) in [4.78, 5) is 38.1. The molecule has 11 heteroatoms. The van der Waals surface area contributed by atoms with Crippen molar-refractivity contribution in [2.24, 2.45) is 5.92 Å². The van der Waals surface area contributed by atoms with Gasteiger partial charge in [-0.2, -0.15) is 13.2 Å². The fourth-order valence-electron chi connectivity index (χ4n) is 7.43. The molecular weight excluding hydrogens is 636 g/mol. The molecule has 48 heavy (non-hydrogen) atoms. The highest BCUT2D eigenvalue weighted by Crippen LogP contribution is 2.34. The van der Waals surface area contributed by atoms with E-state index in [1.165, 1.54) is 17.0 Å². The van der Waals surface area contributed by atoms with Crippen LogP contribution in [0.2, 0.25) is 0 Å². The van der Waals surface area contributed by atoms with Crippen LogP contribution in [0.15, 0.2) is 60.0 Å². The van der Waals surface area contributed by atoms with E-state index in [0.717, 1.165) is 60.2 Å². The molecule has 4 heterocycles. The summed E-state index contributed by atoms with van der Waals surface area (Å²) in [6, 6.07) is 14.9. The van der Waals surface area contributed by atoms with Crippen molar-refractivity contribution < 1.29 is 22.8 Å². The maximum atomic E-state index is 14.0. The molecule has 2 bridgehead atoms. The number of likely N-dealkylation sites (tertiary alicyclic amines) is 2. The number of halogens is 3. The van der Waals surface area contributed by atoms with E-state index in [4.69, 9.17) is 4.98 Å². The Balaban J connectivity index is 1.15. The largest absolute Gasteiger partial charge is 0.416 e. The maximum absolute atomic E-state index is 14.0. The Morgan fingerprint density at radius 3 is 2.38 bits per heavy atom. The molecule has 0 radical (unpaired) electrons. The van der Waals surface area contributed by atoms with Crippen molar-refractivity contribution in [1.82, 2.24) is 24.7 Å². The van der Waals surface area contributed by atoms with Gasteiger partial charge in [-0.25, -0.2) is 4.98 Å². The topological polar surface area (TPSA) is 70.5 Å². The third-order valence-electron chi connectivity index (χ3n) is 9.86. The Morgan fingerprint density at radius 2 is 1.77 bits per heavy atom. The van der Waals surface area contributed by atoms with Crippen LogP contribution < -0.4 is 5.32 Å². The van der Waals surface area contributed by atoms with Gasteiger partial charge < -0.3 is 14.8 Å². The molecule has 0 saturated carbocycles. The third kappa shape index (κ3) is 7.17. The number of thiophene rings is 1. The van der Waals surface area contributed by atoms with Crippen LogP contribution in [-0.4, -0.2) is 62.4 Å². The van der Waals surface area contributed by atoms with Crippen molar-refractivity contribution in [3.05, 3.63) is 87.4 Å². The molecule has 2 amide bonds. The molecule has 7 nitrogen and oxygen atoms in total. The number of imidazole rings is 1. The van der Waals surface area contributed by atoms with Crippen LogP contribution in [0.5, 0.6) is 0 Å². The van der Waals surface area contributed by atoms with Gasteiger partial charge >= 0.3 is 6.18 Å².